The van der Waals surface area contributed by atoms with Gasteiger partial charge >= 0.3 is 0 Å². The Bertz CT molecular complexity index is 1020. The summed E-state index contributed by atoms with van der Waals surface area (Å²) in [5.74, 6) is 0.502. The Hall–Kier alpha value is -2.96. The molecule has 1 N–H and O–H groups in total. The van der Waals surface area contributed by atoms with E-state index < -0.39 is 0 Å². The molecule has 4 aromatic rings. The predicted octanol–water partition coefficient (Wildman–Crippen LogP) is 4.71. The van der Waals surface area contributed by atoms with Crippen LogP contribution in [0.3, 0.4) is 0 Å². The number of nitrogens with zero attached hydrogens (tertiary/aromatic N) is 1. The van der Waals surface area contributed by atoms with E-state index in [9.17, 15) is 4.79 Å². The lowest BCUT2D eigenvalue weighted by atomic mass is 10.1. The SMILES string of the molecule is O=C(COCc1cc(-c2cccs2)on1)Nc1cccc2ccccc12. The van der Waals surface area contributed by atoms with Crippen LogP contribution in [-0.2, 0) is 16.1 Å². The van der Waals surface area contributed by atoms with E-state index in [1.165, 1.54) is 0 Å². The Balaban J connectivity index is 1.33. The van der Waals surface area contributed by atoms with Gasteiger partial charge in [-0.15, -0.1) is 11.3 Å². The number of aromatic nitrogens is 1. The Kier molecular flexibility index (Phi) is 4.77. The molecule has 0 unspecified atom stereocenters. The largest absolute Gasteiger partial charge is 0.365 e. The molecule has 0 spiro atoms. The zero-order valence-corrected chi connectivity index (χ0v) is 14.7. The third-order valence-electron chi connectivity index (χ3n) is 3.87. The minimum absolute atomic E-state index is 0.0512. The van der Waals surface area contributed by atoms with Crippen molar-refractivity contribution in [1.29, 1.82) is 0 Å². The van der Waals surface area contributed by atoms with Gasteiger partial charge in [0.15, 0.2) is 5.76 Å². The van der Waals surface area contributed by atoms with Crippen LogP contribution in [0.1, 0.15) is 5.69 Å². The van der Waals surface area contributed by atoms with E-state index in [4.69, 9.17) is 9.26 Å². The molecule has 1 amide bonds. The number of anilines is 1. The van der Waals surface area contributed by atoms with E-state index in [1.807, 2.05) is 66.0 Å². The Morgan fingerprint density at radius 2 is 2.00 bits per heavy atom. The van der Waals surface area contributed by atoms with Gasteiger partial charge in [-0.25, -0.2) is 0 Å². The summed E-state index contributed by atoms with van der Waals surface area (Å²) in [5, 5.41) is 10.9. The van der Waals surface area contributed by atoms with E-state index >= 15 is 0 Å². The van der Waals surface area contributed by atoms with Crippen LogP contribution in [0.2, 0.25) is 0 Å². The lowest BCUT2D eigenvalue weighted by molar-refractivity contribution is -0.121. The van der Waals surface area contributed by atoms with E-state index in [1.54, 1.807) is 11.3 Å². The van der Waals surface area contributed by atoms with Crippen molar-refractivity contribution in [1.82, 2.24) is 5.16 Å². The highest BCUT2D eigenvalue weighted by Crippen LogP contribution is 2.25. The monoisotopic (exact) mass is 364 g/mol. The van der Waals surface area contributed by atoms with Crippen molar-refractivity contribution in [2.45, 2.75) is 6.61 Å². The summed E-state index contributed by atoms with van der Waals surface area (Å²) in [7, 11) is 0. The number of carbonyl (C=O) groups excluding carboxylic acids is 1. The molecule has 2 aromatic heterocycles. The highest BCUT2D eigenvalue weighted by Gasteiger charge is 2.09. The molecule has 26 heavy (non-hydrogen) atoms. The smallest absolute Gasteiger partial charge is 0.250 e. The molecule has 0 bridgehead atoms. The second-order valence-electron chi connectivity index (χ2n) is 5.73. The fourth-order valence-electron chi connectivity index (χ4n) is 2.68. The fraction of sp³-hybridized carbons (Fsp3) is 0.100. The van der Waals surface area contributed by atoms with Gasteiger partial charge in [0, 0.05) is 17.1 Å². The number of thiophene rings is 1. The number of carbonyl (C=O) groups is 1. The number of ether oxygens (including phenoxy) is 1. The molecule has 6 heteroatoms. The van der Waals surface area contributed by atoms with Gasteiger partial charge in [0.2, 0.25) is 5.91 Å². The summed E-state index contributed by atoms with van der Waals surface area (Å²) in [5.41, 5.74) is 1.43. The van der Waals surface area contributed by atoms with Crippen LogP contribution in [0.25, 0.3) is 21.4 Å². The first-order valence-electron chi connectivity index (χ1n) is 8.14. The average Bonchev–Trinajstić information content (AvgIpc) is 3.34. The third-order valence-corrected chi connectivity index (χ3v) is 4.75. The molecule has 0 saturated carbocycles. The fourth-order valence-corrected chi connectivity index (χ4v) is 3.36. The number of hydrogen-bond acceptors (Lipinski definition) is 5. The van der Waals surface area contributed by atoms with E-state index in [2.05, 4.69) is 10.5 Å². The first kappa shape index (κ1) is 16.5. The predicted molar refractivity (Wildman–Crippen MR) is 102 cm³/mol. The lowest BCUT2D eigenvalue weighted by Crippen LogP contribution is -2.18. The van der Waals surface area contributed by atoms with Gasteiger partial charge < -0.3 is 14.6 Å². The number of nitrogens with one attached hydrogen (secondary N) is 1. The average molecular weight is 364 g/mol. The Morgan fingerprint density at radius 3 is 2.88 bits per heavy atom. The van der Waals surface area contributed by atoms with E-state index in [0.29, 0.717) is 11.5 Å². The van der Waals surface area contributed by atoms with Crippen LogP contribution in [0.15, 0.2) is 70.6 Å². The van der Waals surface area contributed by atoms with Crippen LogP contribution in [-0.4, -0.2) is 17.7 Å². The lowest BCUT2D eigenvalue weighted by Gasteiger charge is -2.08. The number of fused-ring (bicyclic) bond motifs is 1. The molecule has 0 radical (unpaired) electrons. The highest BCUT2D eigenvalue weighted by atomic mass is 32.1. The first-order chi connectivity index (χ1) is 12.8. The molecular formula is C20H16N2O3S. The van der Waals surface area contributed by atoms with Crippen LogP contribution >= 0.6 is 11.3 Å². The summed E-state index contributed by atoms with van der Waals surface area (Å²) >= 11 is 1.58. The molecule has 130 valence electrons. The van der Waals surface area contributed by atoms with Gasteiger partial charge in [-0.3, -0.25) is 4.79 Å². The summed E-state index contributed by atoms with van der Waals surface area (Å²) in [6, 6.07) is 19.5. The topological polar surface area (TPSA) is 64.4 Å². The molecule has 0 atom stereocenters. The Morgan fingerprint density at radius 1 is 1.12 bits per heavy atom. The third kappa shape index (κ3) is 3.66. The summed E-state index contributed by atoms with van der Waals surface area (Å²) in [4.78, 5) is 13.2. The molecule has 5 nitrogen and oxygen atoms in total. The maximum atomic E-state index is 12.2. The molecule has 0 saturated heterocycles. The number of amides is 1. The molecule has 4 rings (SSSR count). The maximum Gasteiger partial charge on any atom is 0.250 e. The van der Waals surface area contributed by atoms with Gasteiger partial charge in [0.1, 0.15) is 12.3 Å². The van der Waals surface area contributed by atoms with Crippen molar-refractivity contribution >= 4 is 33.7 Å². The molecule has 0 aliphatic carbocycles. The van der Waals surface area contributed by atoms with Crippen molar-refractivity contribution in [3.63, 3.8) is 0 Å². The molecule has 0 aliphatic heterocycles. The Labute approximate surface area is 154 Å². The molecule has 2 heterocycles. The van der Waals surface area contributed by atoms with Crippen LogP contribution in [0, 0.1) is 0 Å². The second-order valence-corrected chi connectivity index (χ2v) is 6.68. The van der Waals surface area contributed by atoms with Gasteiger partial charge in [-0.1, -0.05) is 47.6 Å². The van der Waals surface area contributed by atoms with Crippen molar-refractivity contribution in [3.8, 4) is 10.6 Å². The molecular weight excluding hydrogens is 348 g/mol. The number of hydrogen-bond donors (Lipinski definition) is 1. The van der Waals surface area contributed by atoms with E-state index in [0.717, 1.165) is 21.3 Å². The number of benzene rings is 2. The van der Waals surface area contributed by atoms with Crippen LogP contribution in [0.4, 0.5) is 5.69 Å². The zero-order valence-electron chi connectivity index (χ0n) is 13.8. The van der Waals surface area contributed by atoms with Crippen molar-refractivity contribution < 1.29 is 14.1 Å². The van der Waals surface area contributed by atoms with Crippen LogP contribution in [0.5, 0.6) is 0 Å². The summed E-state index contributed by atoms with van der Waals surface area (Å²) in [6.45, 7) is 0.169. The first-order valence-corrected chi connectivity index (χ1v) is 9.02. The van der Waals surface area contributed by atoms with Gasteiger partial charge in [-0.2, -0.15) is 0 Å². The molecule has 0 aliphatic rings. The van der Waals surface area contributed by atoms with Gasteiger partial charge in [0.05, 0.1) is 11.5 Å². The maximum absolute atomic E-state index is 12.2. The van der Waals surface area contributed by atoms with Gasteiger partial charge in [0.25, 0.3) is 0 Å². The van der Waals surface area contributed by atoms with Crippen molar-refractivity contribution in [3.05, 3.63) is 71.7 Å². The minimum atomic E-state index is -0.205. The molecule has 2 aromatic carbocycles. The van der Waals surface area contributed by atoms with E-state index in [-0.39, 0.29) is 19.1 Å². The second kappa shape index (κ2) is 7.51. The minimum Gasteiger partial charge on any atom is -0.365 e. The van der Waals surface area contributed by atoms with Crippen LogP contribution < -0.4 is 5.32 Å². The molecule has 0 fully saturated rings. The quantitative estimate of drug-likeness (QED) is 0.538. The summed E-state index contributed by atoms with van der Waals surface area (Å²) < 4.78 is 10.8. The normalized spacial score (nSPS) is 10.9. The van der Waals surface area contributed by atoms with Crippen molar-refractivity contribution in [2.24, 2.45) is 0 Å². The standard InChI is InChI=1S/C20H16N2O3S/c23-20(21-17-8-3-6-14-5-1-2-7-16(14)17)13-24-12-15-11-18(25-22-15)19-9-4-10-26-19/h1-11H,12-13H2,(H,21,23). The highest BCUT2D eigenvalue weighted by molar-refractivity contribution is 7.13. The number of rotatable bonds is 6. The summed E-state index contributed by atoms with van der Waals surface area (Å²) in [6.07, 6.45) is 0. The zero-order chi connectivity index (χ0) is 17.8. The van der Waals surface area contributed by atoms with Crippen molar-refractivity contribution in [2.75, 3.05) is 11.9 Å². The van der Waals surface area contributed by atoms with Gasteiger partial charge in [-0.05, 0) is 22.9 Å².